The van der Waals surface area contributed by atoms with E-state index in [9.17, 15) is 10.1 Å². The molecule has 0 saturated carbocycles. The minimum Gasteiger partial charge on any atom is -0.361 e. The van der Waals surface area contributed by atoms with Crippen molar-refractivity contribution >= 4 is 23.1 Å². The molecular weight excluding hydrogens is 244 g/mol. The zero-order valence-electron chi connectivity index (χ0n) is 9.82. The molecule has 0 spiro atoms. The van der Waals surface area contributed by atoms with Crippen molar-refractivity contribution in [3.63, 3.8) is 0 Å². The maximum atomic E-state index is 10.9. The van der Waals surface area contributed by atoms with Gasteiger partial charge in [0.2, 0.25) is 11.1 Å². The summed E-state index contributed by atoms with van der Waals surface area (Å²) in [5, 5.41) is 13.7. The summed E-state index contributed by atoms with van der Waals surface area (Å²) >= 11 is 5.67. The molecule has 0 saturated heterocycles. The maximum absolute atomic E-state index is 10.9. The Balaban J connectivity index is 3.04. The second-order valence-electron chi connectivity index (χ2n) is 3.69. The van der Waals surface area contributed by atoms with E-state index in [0.717, 1.165) is 5.57 Å². The lowest BCUT2D eigenvalue weighted by atomic mass is 10.3. The lowest BCUT2D eigenvalue weighted by molar-refractivity contribution is -0.385. The SMILES string of the molecule is CC(C)=CCNc1nc(Cl)nc(C)c1[N+](=O)[O-]. The van der Waals surface area contributed by atoms with Crippen LogP contribution in [0.2, 0.25) is 5.28 Å². The van der Waals surface area contributed by atoms with Crippen LogP contribution in [0.4, 0.5) is 11.5 Å². The third-order valence-electron chi connectivity index (χ3n) is 1.99. The van der Waals surface area contributed by atoms with Crippen molar-refractivity contribution in [3.05, 3.63) is 32.7 Å². The summed E-state index contributed by atoms with van der Waals surface area (Å²) in [6, 6.07) is 0. The van der Waals surface area contributed by atoms with Gasteiger partial charge in [-0.3, -0.25) is 10.1 Å². The highest BCUT2D eigenvalue weighted by atomic mass is 35.5. The van der Waals surface area contributed by atoms with Crippen LogP contribution in [0.3, 0.4) is 0 Å². The summed E-state index contributed by atoms with van der Waals surface area (Å²) in [6.45, 7) is 5.86. The fourth-order valence-electron chi connectivity index (χ4n) is 1.23. The molecule has 0 fully saturated rings. The summed E-state index contributed by atoms with van der Waals surface area (Å²) in [7, 11) is 0. The number of hydrogen-bond donors (Lipinski definition) is 1. The molecule has 0 aliphatic carbocycles. The Labute approximate surface area is 104 Å². The first-order valence-electron chi connectivity index (χ1n) is 4.97. The van der Waals surface area contributed by atoms with Crippen molar-refractivity contribution in [2.75, 3.05) is 11.9 Å². The molecular formula is C10H13ClN4O2. The summed E-state index contributed by atoms with van der Waals surface area (Å²) < 4.78 is 0. The first kappa shape index (κ1) is 13.4. The van der Waals surface area contributed by atoms with E-state index < -0.39 is 4.92 Å². The Morgan fingerprint density at radius 1 is 1.53 bits per heavy atom. The molecule has 0 amide bonds. The highest BCUT2D eigenvalue weighted by Gasteiger charge is 2.20. The molecule has 1 aromatic rings. The number of aromatic nitrogens is 2. The number of nitro groups is 1. The fraction of sp³-hybridized carbons (Fsp3) is 0.400. The number of allylic oxidation sites excluding steroid dienone is 1. The quantitative estimate of drug-likeness (QED) is 0.388. The van der Waals surface area contributed by atoms with E-state index in [-0.39, 0.29) is 22.5 Å². The van der Waals surface area contributed by atoms with E-state index in [1.54, 1.807) is 0 Å². The Kier molecular flexibility index (Phi) is 4.39. The van der Waals surface area contributed by atoms with Crippen LogP contribution in [-0.2, 0) is 0 Å². The fourth-order valence-corrected chi connectivity index (χ4v) is 1.44. The van der Waals surface area contributed by atoms with Crippen LogP contribution in [0.25, 0.3) is 0 Å². The average molecular weight is 257 g/mol. The second-order valence-corrected chi connectivity index (χ2v) is 4.03. The number of halogens is 1. The van der Waals surface area contributed by atoms with Gasteiger partial charge < -0.3 is 5.32 Å². The topological polar surface area (TPSA) is 81.0 Å². The predicted octanol–water partition coefficient (Wildman–Crippen LogP) is 2.72. The monoisotopic (exact) mass is 256 g/mol. The van der Waals surface area contributed by atoms with Crippen LogP contribution in [0.5, 0.6) is 0 Å². The molecule has 0 radical (unpaired) electrons. The van der Waals surface area contributed by atoms with Crippen LogP contribution in [0, 0.1) is 17.0 Å². The number of rotatable bonds is 4. The third-order valence-corrected chi connectivity index (χ3v) is 2.16. The van der Waals surface area contributed by atoms with Gasteiger partial charge in [-0.15, -0.1) is 0 Å². The Morgan fingerprint density at radius 2 is 2.18 bits per heavy atom. The van der Waals surface area contributed by atoms with Crippen LogP contribution < -0.4 is 5.32 Å². The molecule has 17 heavy (non-hydrogen) atoms. The smallest absolute Gasteiger partial charge is 0.332 e. The van der Waals surface area contributed by atoms with Crippen molar-refractivity contribution in [3.8, 4) is 0 Å². The normalized spacial score (nSPS) is 9.88. The average Bonchev–Trinajstić information content (AvgIpc) is 2.14. The van der Waals surface area contributed by atoms with Crippen LogP contribution >= 0.6 is 11.6 Å². The molecule has 0 bridgehead atoms. The Hall–Kier alpha value is -1.69. The maximum Gasteiger partial charge on any atom is 0.332 e. The number of hydrogen-bond acceptors (Lipinski definition) is 5. The third kappa shape index (κ3) is 3.67. The Bertz CT molecular complexity index is 470. The summed E-state index contributed by atoms with van der Waals surface area (Å²) in [6.07, 6.45) is 1.90. The molecule has 0 aliphatic heterocycles. The van der Waals surface area contributed by atoms with Gasteiger partial charge in [-0.25, -0.2) is 4.98 Å². The summed E-state index contributed by atoms with van der Waals surface area (Å²) in [5.41, 5.74) is 1.21. The molecule has 1 rings (SSSR count). The number of aryl methyl sites for hydroxylation is 1. The summed E-state index contributed by atoms with van der Waals surface area (Å²) in [5.74, 6) is 0.144. The van der Waals surface area contributed by atoms with E-state index in [4.69, 9.17) is 11.6 Å². The minimum atomic E-state index is -0.517. The van der Waals surface area contributed by atoms with Gasteiger partial charge in [0.25, 0.3) is 0 Å². The van der Waals surface area contributed by atoms with Gasteiger partial charge >= 0.3 is 5.69 Å². The molecule has 0 unspecified atom stereocenters. The zero-order chi connectivity index (χ0) is 13.0. The molecule has 1 N–H and O–H groups in total. The zero-order valence-corrected chi connectivity index (χ0v) is 10.6. The molecule has 0 aromatic carbocycles. The van der Waals surface area contributed by atoms with Crippen molar-refractivity contribution < 1.29 is 4.92 Å². The van der Waals surface area contributed by atoms with Crippen molar-refractivity contribution in [1.29, 1.82) is 0 Å². The Morgan fingerprint density at radius 3 is 2.71 bits per heavy atom. The van der Waals surface area contributed by atoms with Crippen molar-refractivity contribution in [2.45, 2.75) is 20.8 Å². The first-order chi connectivity index (χ1) is 7.91. The van der Waals surface area contributed by atoms with Gasteiger partial charge in [-0.1, -0.05) is 11.6 Å². The van der Waals surface area contributed by atoms with Gasteiger partial charge in [0, 0.05) is 6.54 Å². The molecule has 1 heterocycles. The highest BCUT2D eigenvalue weighted by molar-refractivity contribution is 6.28. The standard InChI is InChI=1S/C10H13ClN4O2/c1-6(2)4-5-12-9-8(15(16)17)7(3)13-10(11)14-9/h4H,5H2,1-3H3,(H,12,13,14). The molecule has 7 heteroatoms. The second kappa shape index (κ2) is 5.58. The first-order valence-corrected chi connectivity index (χ1v) is 5.35. The largest absolute Gasteiger partial charge is 0.361 e. The van der Waals surface area contributed by atoms with Gasteiger partial charge in [-0.05, 0) is 32.4 Å². The van der Waals surface area contributed by atoms with Crippen molar-refractivity contribution in [2.24, 2.45) is 0 Å². The van der Waals surface area contributed by atoms with E-state index in [1.807, 2.05) is 19.9 Å². The summed E-state index contributed by atoms with van der Waals surface area (Å²) in [4.78, 5) is 17.9. The van der Waals surface area contributed by atoms with E-state index >= 15 is 0 Å². The molecule has 92 valence electrons. The van der Waals surface area contributed by atoms with E-state index in [2.05, 4.69) is 15.3 Å². The molecule has 0 atom stereocenters. The van der Waals surface area contributed by atoms with Crippen molar-refractivity contribution in [1.82, 2.24) is 9.97 Å². The molecule has 0 aliphatic rings. The minimum absolute atomic E-state index is 0.00667. The predicted molar refractivity (Wildman–Crippen MR) is 66.4 cm³/mol. The van der Waals surface area contributed by atoms with Gasteiger partial charge in [0.05, 0.1) is 4.92 Å². The lowest BCUT2D eigenvalue weighted by Crippen LogP contribution is -2.07. The van der Waals surface area contributed by atoms with Crippen LogP contribution in [0.1, 0.15) is 19.5 Å². The van der Waals surface area contributed by atoms with E-state index in [0.29, 0.717) is 6.54 Å². The van der Waals surface area contributed by atoms with Crippen LogP contribution in [-0.4, -0.2) is 21.4 Å². The molecule has 6 nitrogen and oxygen atoms in total. The van der Waals surface area contributed by atoms with Crippen LogP contribution in [0.15, 0.2) is 11.6 Å². The van der Waals surface area contributed by atoms with Gasteiger partial charge in [0.1, 0.15) is 5.69 Å². The number of nitrogens with zero attached hydrogens (tertiary/aromatic N) is 3. The number of nitrogens with one attached hydrogen (secondary N) is 1. The van der Waals surface area contributed by atoms with Gasteiger partial charge in [0.15, 0.2) is 0 Å². The lowest BCUT2D eigenvalue weighted by Gasteiger charge is -2.05. The molecule has 1 aromatic heterocycles. The highest BCUT2D eigenvalue weighted by Crippen LogP contribution is 2.26. The van der Waals surface area contributed by atoms with E-state index in [1.165, 1.54) is 6.92 Å². The van der Waals surface area contributed by atoms with Gasteiger partial charge in [-0.2, -0.15) is 4.98 Å². The number of anilines is 1.